The maximum Gasteiger partial charge on any atom is 0.255 e. The Labute approximate surface area is 144 Å². The summed E-state index contributed by atoms with van der Waals surface area (Å²) in [6.07, 6.45) is 5.10. The van der Waals surface area contributed by atoms with Crippen molar-refractivity contribution in [2.75, 3.05) is 27.2 Å². The molecule has 25 heavy (non-hydrogen) atoms. The Balaban J connectivity index is 1.62. The number of hydrogen-bond donors (Lipinski definition) is 1. The largest absolute Gasteiger partial charge is 0.335 e. The Morgan fingerprint density at radius 1 is 1.36 bits per heavy atom. The molecule has 3 aromatic heterocycles. The van der Waals surface area contributed by atoms with Crippen LogP contribution in [0, 0.1) is 6.92 Å². The van der Waals surface area contributed by atoms with Gasteiger partial charge in [-0.05, 0) is 27.1 Å². The van der Waals surface area contributed by atoms with Gasteiger partial charge in [0.1, 0.15) is 0 Å². The lowest BCUT2D eigenvalue weighted by molar-refractivity contribution is 0.0781. The first kappa shape index (κ1) is 15.7. The fourth-order valence-corrected chi connectivity index (χ4v) is 3.42. The van der Waals surface area contributed by atoms with Gasteiger partial charge < -0.3 is 9.80 Å². The number of nitrogens with zero attached hydrogens (tertiary/aromatic N) is 7. The van der Waals surface area contributed by atoms with E-state index in [1.165, 1.54) is 0 Å². The van der Waals surface area contributed by atoms with E-state index in [0.29, 0.717) is 24.3 Å². The molecule has 0 radical (unpaired) electrons. The van der Waals surface area contributed by atoms with Crippen molar-refractivity contribution in [1.82, 2.24) is 40.0 Å². The lowest BCUT2D eigenvalue weighted by Gasteiger charge is -2.24. The van der Waals surface area contributed by atoms with Gasteiger partial charge in [0.05, 0.1) is 23.8 Å². The predicted octanol–water partition coefficient (Wildman–Crippen LogP) is 0.485. The van der Waals surface area contributed by atoms with Gasteiger partial charge in [-0.2, -0.15) is 5.10 Å². The van der Waals surface area contributed by atoms with Crippen LogP contribution in [0.4, 0.5) is 0 Å². The van der Waals surface area contributed by atoms with E-state index in [2.05, 4.69) is 30.4 Å². The molecule has 0 bridgehead atoms. The summed E-state index contributed by atoms with van der Waals surface area (Å²) < 4.78 is 1.83. The molecule has 4 rings (SSSR count). The number of carbonyl (C=O) groups excluding carboxylic acids is 1. The smallest absolute Gasteiger partial charge is 0.255 e. The van der Waals surface area contributed by atoms with Crippen LogP contribution >= 0.6 is 0 Å². The number of likely N-dealkylation sites (tertiary alicyclic amines) is 1. The Kier molecular flexibility index (Phi) is 3.72. The highest BCUT2D eigenvalue weighted by atomic mass is 16.2. The van der Waals surface area contributed by atoms with E-state index in [4.69, 9.17) is 0 Å². The minimum Gasteiger partial charge on any atom is -0.335 e. The van der Waals surface area contributed by atoms with Gasteiger partial charge in [-0.15, -0.1) is 5.10 Å². The summed E-state index contributed by atoms with van der Waals surface area (Å²) >= 11 is 0. The first-order chi connectivity index (χ1) is 12.0. The molecule has 0 aliphatic carbocycles. The molecule has 1 fully saturated rings. The first-order valence-corrected chi connectivity index (χ1v) is 8.17. The molecule has 1 amide bonds. The summed E-state index contributed by atoms with van der Waals surface area (Å²) in [6, 6.07) is 2.11. The number of aromatic amines is 1. The minimum absolute atomic E-state index is 0.0236. The number of nitrogens with one attached hydrogen (secondary N) is 1. The number of aryl methyl sites for hydroxylation is 1. The third kappa shape index (κ3) is 2.66. The zero-order valence-electron chi connectivity index (χ0n) is 14.4. The molecule has 0 aromatic carbocycles. The molecular weight excluding hydrogens is 320 g/mol. The quantitative estimate of drug-likeness (QED) is 0.745. The maximum atomic E-state index is 13.0. The van der Waals surface area contributed by atoms with E-state index < -0.39 is 0 Å². The highest BCUT2D eigenvalue weighted by Crippen LogP contribution is 2.26. The molecule has 1 aliphatic heterocycles. The van der Waals surface area contributed by atoms with Gasteiger partial charge in [0.2, 0.25) is 0 Å². The lowest BCUT2D eigenvalue weighted by atomic mass is 10.1. The van der Waals surface area contributed by atoms with E-state index in [0.717, 1.165) is 11.1 Å². The van der Waals surface area contributed by atoms with Crippen LogP contribution in [0.3, 0.4) is 0 Å². The number of rotatable bonds is 3. The van der Waals surface area contributed by atoms with Crippen LogP contribution in [0.5, 0.6) is 0 Å². The number of likely N-dealkylation sites (N-methyl/N-ethyl adjacent to an activating group) is 1. The lowest BCUT2D eigenvalue weighted by Crippen LogP contribution is -2.37. The van der Waals surface area contributed by atoms with E-state index in [1.807, 2.05) is 42.9 Å². The average molecular weight is 340 g/mol. The summed E-state index contributed by atoms with van der Waals surface area (Å²) in [5.41, 5.74) is 2.11. The van der Waals surface area contributed by atoms with E-state index in [1.54, 1.807) is 12.4 Å². The van der Waals surface area contributed by atoms with Crippen molar-refractivity contribution in [3.63, 3.8) is 0 Å². The summed E-state index contributed by atoms with van der Waals surface area (Å²) in [4.78, 5) is 21.3. The molecule has 0 unspecified atom stereocenters. The maximum absolute atomic E-state index is 13.0. The Hall–Kier alpha value is -2.81. The summed E-state index contributed by atoms with van der Waals surface area (Å²) in [5, 5.41) is 15.9. The van der Waals surface area contributed by atoms with Crippen LogP contribution in [0.2, 0.25) is 0 Å². The topological polar surface area (TPSA) is 95.8 Å². The third-order valence-corrected chi connectivity index (χ3v) is 4.84. The number of H-pyrrole nitrogens is 1. The van der Waals surface area contributed by atoms with Crippen molar-refractivity contribution in [2.24, 2.45) is 0 Å². The molecular formula is C16H20N8O. The molecule has 2 atom stereocenters. The van der Waals surface area contributed by atoms with Gasteiger partial charge in [0, 0.05) is 36.6 Å². The van der Waals surface area contributed by atoms with Crippen molar-refractivity contribution in [3.8, 4) is 0 Å². The van der Waals surface area contributed by atoms with Crippen LogP contribution in [0.1, 0.15) is 22.1 Å². The normalized spacial score (nSPS) is 20.7. The second kappa shape index (κ2) is 5.92. The predicted molar refractivity (Wildman–Crippen MR) is 91.1 cm³/mol. The molecule has 130 valence electrons. The van der Waals surface area contributed by atoms with Gasteiger partial charge in [0.25, 0.3) is 5.91 Å². The van der Waals surface area contributed by atoms with Crippen molar-refractivity contribution in [1.29, 1.82) is 0 Å². The summed E-state index contributed by atoms with van der Waals surface area (Å²) in [7, 11) is 4.04. The van der Waals surface area contributed by atoms with Crippen molar-refractivity contribution >= 4 is 16.9 Å². The van der Waals surface area contributed by atoms with E-state index >= 15 is 0 Å². The number of carbonyl (C=O) groups is 1. The zero-order valence-corrected chi connectivity index (χ0v) is 14.4. The molecule has 9 heteroatoms. The Morgan fingerprint density at radius 3 is 2.92 bits per heavy atom. The number of pyridine rings is 1. The number of aromatic nitrogens is 6. The molecule has 9 nitrogen and oxygen atoms in total. The standard InChI is InChI=1S/C16H20N8O/c1-10-12-6-11(7-17-15(12)20-19-10)16(25)23-8-13(22(2)3)14(9-23)24-5-4-18-21-24/h4-7,13-14H,8-9H2,1-3H3,(H,17,19,20)/t13-,14+/m1/s1. The summed E-state index contributed by atoms with van der Waals surface area (Å²) in [5.74, 6) is -0.0236. The number of hydrogen-bond acceptors (Lipinski definition) is 6. The molecule has 0 spiro atoms. The fourth-order valence-electron chi connectivity index (χ4n) is 3.42. The third-order valence-electron chi connectivity index (χ3n) is 4.84. The van der Waals surface area contributed by atoms with Crippen molar-refractivity contribution < 1.29 is 4.79 Å². The zero-order chi connectivity index (χ0) is 17.6. The fraction of sp³-hybridized carbons (Fsp3) is 0.438. The molecule has 1 saturated heterocycles. The monoisotopic (exact) mass is 340 g/mol. The van der Waals surface area contributed by atoms with Gasteiger partial charge in [-0.25, -0.2) is 9.67 Å². The second-order valence-electron chi connectivity index (χ2n) is 6.64. The molecule has 3 aromatic rings. The SMILES string of the molecule is Cc1[nH]nc2ncc(C(=O)N3C[C@@H](N(C)C)[C@@H](n4ccnn4)C3)cc12. The first-order valence-electron chi connectivity index (χ1n) is 8.17. The van der Waals surface area contributed by atoms with Crippen LogP contribution in [-0.4, -0.2) is 79.1 Å². The van der Waals surface area contributed by atoms with E-state index in [-0.39, 0.29) is 18.0 Å². The average Bonchev–Trinajstić information content (AvgIpc) is 3.33. The van der Waals surface area contributed by atoms with Crippen LogP contribution in [-0.2, 0) is 0 Å². The molecule has 1 aliphatic rings. The van der Waals surface area contributed by atoms with E-state index in [9.17, 15) is 4.79 Å². The number of amides is 1. The van der Waals surface area contributed by atoms with Crippen LogP contribution < -0.4 is 0 Å². The molecule has 1 N–H and O–H groups in total. The Morgan fingerprint density at radius 2 is 2.20 bits per heavy atom. The van der Waals surface area contributed by atoms with Gasteiger partial charge in [-0.1, -0.05) is 5.21 Å². The van der Waals surface area contributed by atoms with Crippen LogP contribution in [0.15, 0.2) is 24.7 Å². The highest BCUT2D eigenvalue weighted by Gasteiger charge is 2.38. The van der Waals surface area contributed by atoms with Crippen LogP contribution in [0.25, 0.3) is 11.0 Å². The number of fused-ring (bicyclic) bond motifs is 1. The van der Waals surface area contributed by atoms with Crippen molar-refractivity contribution in [2.45, 2.75) is 19.0 Å². The van der Waals surface area contributed by atoms with Crippen molar-refractivity contribution in [3.05, 3.63) is 35.9 Å². The highest BCUT2D eigenvalue weighted by molar-refractivity contribution is 5.97. The molecule has 4 heterocycles. The second-order valence-corrected chi connectivity index (χ2v) is 6.64. The minimum atomic E-state index is -0.0236. The summed E-state index contributed by atoms with van der Waals surface area (Å²) in [6.45, 7) is 3.15. The van der Waals surface area contributed by atoms with Gasteiger partial charge >= 0.3 is 0 Å². The Bertz CT molecular complexity index is 900. The molecule has 0 saturated carbocycles. The van der Waals surface area contributed by atoms with Gasteiger partial charge in [0.15, 0.2) is 5.65 Å². The van der Waals surface area contributed by atoms with Gasteiger partial charge in [-0.3, -0.25) is 9.89 Å².